The molecule has 0 radical (unpaired) electrons. The van der Waals surface area contributed by atoms with Crippen LogP contribution in [-0.4, -0.2) is 50.2 Å². The molecule has 1 fully saturated rings. The van der Waals surface area contributed by atoms with E-state index in [0.717, 1.165) is 6.20 Å². The van der Waals surface area contributed by atoms with Crippen LogP contribution in [-0.2, 0) is 4.74 Å². The van der Waals surface area contributed by atoms with E-state index in [-0.39, 0.29) is 5.56 Å². The molecule has 1 aliphatic rings. The zero-order valence-corrected chi connectivity index (χ0v) is 8.66. The third-order valence-electron chi connectivity index (χ3n) is 2.70. The van der Waals surface area contributed by atoms with Gasteiger partial charge in [0.2, 0.25) is 0 Å². The molecule has 1 aromatic rings. The number of aromatic nitrogens is 2. The van der Waals surface area contributed by atoms with Gasteiger partial charge in [0.25, 0.3) is 5.56 Å². The average molecular weight is 244 g/mol. The Morgan fingerprint density at radius 3 is 2.53 bits per heavy atom. The minimum absolute atomic E-state index is 0.00731. The van der Waals surface area contributed by atoms with Crippen LogP contribution in [0.15, 0.2) is 15.8 Å². The van der Waals surface area contributed by atoms with Crippen molar-refractivity contribution < 1.29 is 20.1 Å². The second-order valence-electron chi connectivity index (χ2n) is 3.79. The quantitative estimate of drug-likeness (QED) is 0.382. The van der Waals surface area contributed by atoms with E-state index in [2.05, 4.69) is 4.98 Å². The molecule has 0 amide bonds. The molecule has 0 unspecified atom stereocenters. The molecule has 0 aromatic carbocycles. The molecule has 1 aromatic heterocycles. The highest BCUT2D eigenvalue weighted by molar-refractivity contribution is 5.13. The van der Waals surface area contributed by atoms with E-state index in [1.54, 1.807) is 0 Å². The van der Waals surface area contributed by atoms with E-state index >= 15 is 0 Å². The van der Waals surface area contributed by atoms with Crippen molar-refractivity contribution in [3.05, 3.63) is 32.6 Å². The first kappa shape index (κ1) is 12.0. The lowest BCUT2D eigenvalue weighted by Crippen LogP contribution is -2.34. The summed E-state index contributed by atoms with van der Waals surface area (Å²) in [7, 11) is 0. The predicted molar refractivity (Wildman–Crippen MR) is 54.4 cm³/mol. The Hall–Kier alpha value is -1.48. The Bertz CT molecular complexity index is 509. The lowest BCUT2D eigenvalue weighted by molar-refractivity contribution is -0.0232. The normalized spacial score (nSPS) is 32.9. The number of ether oxygens (including phenoxy) is 1. The van der Waals surface area contributed by atoms with Crippen molar-refractivity contribution in [1.82, 2.24) is 9.97 Å². The van der Waals surface area contributed by atoms with Crippen molar-refractivity contribution in [1.29, 1.82) is 0 Å². The molecule has 0 aliphatic carbocycles. The highest BCUT2D eigenvalue weighted by atomic mass is 16.6. The first-order valence-corrected chi connectivity index (χ1v) is 4.99. The maximum absolute atomic E-state index is 11.5. The summed E-state index contributed by atoms with van der Waals surface area (Å²) in [5.74, 6) is 0. The number of aromatic amines is 2. The molecule has 5 N–H and O–H groups in total. The van der Waals surface area contributed by atoms with Gasteiger partial charge in [-0.1, -0.05) is 0 Å². The van der Waals surface area contributed by atoms with Gasteiger partial charge in [0.15, 0.2) is 0 Å². The zero-order chi connectivity index (χ0) is 12.6. The van der Waals surface area contributed by atoms with Crippen LogP contribution in [0.2, 0.25) is 0 Å². The van der Waals surface area contributed by atoms with Gasteiger partial charge in [0.05, 0.1) is 12.2 Å². The molecule has 2 rings (SSSR count). The van der Waals surface area contributed by atoms with Gasteiger partial charge in [-0.05, 0) is 0 Å². The van der Waals surface area contributed by atoms with Crippen molar-refractivity contribution in [2.24, 2.45) is 0 Å². The summed E-state index contributed by atoms with van der Waals surface area (Å²) in [5.41, 5.74) is -1.39. The molecule has 4 atom stereocenters. The van der Waals surface area contributed by atoms with Gasteiger partial charge >= 0.3 is 5.69 Å². The van der Waals surface area contributed by atoms with Gasteiger partial charge in [-0.2, -0.15) is 0 Å². The molecule has 0 spiro atoms. The lowest BCUT2D eigenvalue weighted by atomic mass is 10.0. The molecule has 0 saturated carbocycles. The maximum atomic E-state index is 11.5. The fraction of sp³-hybridized carbons (Fsp3) is 0.556. The van der Waals surface area contributed by atoms with Gasteiger partial charge in [0, 0.05) is 6.20 Å². The maximum Gasteiger partial charge on any atom is 0.325 e. The van der Waals surface area contributed by atoms with Crippen LogP contribution >= 0.6 is 0 Å². The Morgan fingerprint density at radius 2 is 2.00 bits per heavy atom. The molecule has 1 aliphatic heterocycles. The SMILES string of the molecule is O=c1[nH]cc([C@H]2O[C@@H](CO)[C@@H](O)[C@H]2O)c(=O)[nH]1. The standard InChI is InChI=1S/C9H12N2O6/c12-2-4-5(13)6(14)7(17-4)3-1-10-9(16)11-8(3)15/h1,4-7,12-14H,2H2,(H2,10,11,15,16)/t4-,5+,6+,7+/m0/s1. The van der Waals surface area contributed by atoms with Crippen LogP contribution in [0.4, 0.5) is 0 Å². The Kier molecular flexibility index (Phi) is 3.11. The van der Waals surface area contributed by atoms with Crippen molar-refractivity contribution in [2.75, 3.05) is 6.61 Å². The van der Waals surface area contributed by atoms with Gasteiger partial charge < -0.3 is 25.0 Å². The van der Waals surface area contributed by atoms with Crippen LogP contribution in [0.5, 0.6) is 0 Å². The highest BCUT2D eigenvalue weighted by Crippen LogP contribution is 2.31. The van der Waals surface area contributed by atoms with Gasteiger partial charge in [-0.3, -0.25) is 9.78 Å². The monoisotopic (exact) mass is 244 g/mol. The number of hydrogen-bond acceptors (Lipinski definition) is 6. The van der Waals surface area contributed by atoms with Crippen LogP contribution in [0.25, 0.3) is 0 Å². The molecular weight excluding hydrogens is 232 g/mol. The van der Waals surface area contributed by atoms with E-state index in [9.17, 15) is 19.8 Å². The minimum atomic E-state index is -1.33. The van der Waals surface area contributed by atoms with Crippen molar-refractivity contribution in [3.8, 4) is 0 Å². The third-order valence-corrected chi connectivity index (χ3v) is 2.70. The molecule has 1 saturated heterocycles. The summed E-state index contributed by atoms with van der Waals surface area (Å²) in [4.78, 5) is 26.5. The summed E-state index contributed by atoms with van der Waals surface area (Å²) >= 11 is 0. The molecule has 17 heavy (non-hydrogen) atoms. The first-order valence-electron chi connectivity index (χ1n) is 4.99. The number of hydrogen-bond donors (Lipinski definition) is 5. The van der Waals surface area contributed by atoms with Crippen LogP contribution in [0, 0.1) is 0 Å². The molecule has 8 nitrogen and oxygen atoms in total. The van der Waals surface area contributed by atoms with Crippen LogP contribution in [0.3, 0.4) is 0 Å². The van der Waals surface area contributed by atoms with Crippen molar-refractivity contribution in [2.45, 2.75) is 24.4 Å². The van der Waals surface area contributed by atoms with Crippen molar-refractivity contribution in [3.63, 3.8) is 0 Å². The Balaban J connectivity index is 2.35. The number of nitrogens with one attached hydrogen (secondary N) is 2. The van der Waals surface area contributed by atoms with Gasteiger partial charge in [0.1, 0.15) is 24.4 Å². The molecular formula is C9H12N2O6. The predicted octanol–water partition coefficient (Wildman–Crippen LogP) is -2.78. The van der Waals surface area contributed by atoms with E-state index < -0.39 is 42.3 Å². The van der Waals surface area contributed by atoms with Crippen LogP contribution in [0.1, 0.15) is 11.7 Å². The fourth-order valence-corrected chi connectivity index (χ4v) is 1.79. The number of aliphatic hydroxyl groups excluding tert-OH is 3. The van der Waals surface area contributed by atoms with Gasteiger partial charge in [-0.25, -0.2) is 4.79 Å². The highest BCUT2D eigenvalue weighted by Gasteiger charge is 2.44. The topological polar surface area (TPSA) is 136 Å². The smallest absolute Gasteiger partial charge is 0.325 e. The third kappa shape index (κ3) is 2.03. The Morgan fingerprint density at radius 1 is 1.29 bits per heavy atom. The molecule has 8 heteroatoms. The number of aliphatic hydroxyl groups is 3. The summed E-state index contributed by atoms with van der Waals surface area (Å²) in [6, 6.07) is 0. The van der Waals surface area contributed by atoms with Gasteiger partial charge in [-0.15, -0.1) is 0 Å². The van der Waals surface area contributed by atoms with Crippen molar-refractivity contribution >= 4 is 0 Å². The second kappa shape index (κ2) is 4.41. The van der Waals surface area contributed by atoms with E-state index in [1.165, 1.54) is 0 Å². The second-order valence-corrected chi connectivity index (χ2v) is 3.79. The number of rotatable bonds is 2. The molecule has 0 bridgehead atoms. The summed E-state index contributed by atoms with van der Waals surface area (Å²) in [6.45, 7) is -0.476. The lowest BCUT2D eigenvalue weighted by Gasteiger charge is -2.13. The number of H-pyrrole nitrogens is 2. The van der Waals surface area contributed by atoms with E-state index in [4.69, 9.17) is 9.84 Å². The Labute approximate surface area is 94.5 Å². The molecule has 94 valence electrons. The largest absolute Gasteiger partial charge is 0.394 e. The van der Waals surface area contributed by atoms with E-state index in [1.807, 2.05) is 4.98 Å². The summed E-state index contributed by atoms with van der Waals surface area (Å²) < 4.78 is 5.15. The fourth-order valence-electron chi connectivity index (χ4n) is 1.79. The van der Waals surface area contributed by atoms with E-state index in [0.29, 0.717) is 0 Å². The minimum Gasteiger partial charge on any atom is -0.394 e. The first-order chi connectivity index (χ1) is 8.04. The zero-order valence-electron chi connectivity index (χ0n) is 8.66. The molecule has 2 heterocycles. The summed E-state index contributed by atoms with van der Waals surface area (Å²) in [6.07, 6.45) is -3.54. The average Bonchev–Trinajstić information content (AvgIpc) is 2.57. The van der Waals surface area contributed by atoms with Crippen LogP contribution < -0.4 is 11.2 Å². The summed E-state index contributed by atoms with van der Waals surface area (Å²) in [5, 5.41) is 28.1.